The van der Waals surface area contributed by atoms with Crippen molar-refractivity contribution in [1.82, 2.24) is 5.32 Å². The van der Waals surface area contributed by atoms with Gasteiger partial charge in [-0.1, -0.05) is 24.8 Å². The van der Waals surface area contributed by atoms with Crippen molar-refractivity contribution in [1.29, 1.82) is 0 Å². The van der Waals surface area contributed by atoms with Crippen LogP contribution in [0.15, 0.2) is 59.5 Å². The van der Waals surface area contributed by atoms with Crippen molar-refractivity contribution < 1.29 is 24.5 Å². The van der Waals surface area contributed by atoms with E-state index in [2.05, 4.69) is 16.8 Å². The first kappa shape index (κ1) is 17.9. The van der Waals surface area contributed by atoms with Crippen LogP contribution in [-0.2, 0) is 14.3 Å². The molecule has 2 N–H and O–H groups in total. The molecule has 1 heterocycles. The lowest BCUT2D eigenvalue weighted by molar-refractivity contribution is -0.138. The lowest BCUT2D eigenvalue weighted by Gasteiger charge is -2.34. The maximum Gasteiger partial charge on any atom is 0.337 e. The molecule has 3 rings (SSSR count). The fourth-order valence-electron chi connectivity index (χ4n) is 3.55. The normalized spacial score (nSPS) is 19.6. The van der Waals surface area contributed by atoms with E-state index >= 15 is 0 Å². The number of ketones is 1. The quantitative estimate of drug-likeness (QED) is 0.365. The Morgan fingerprint density at radius 2 is 2.23 bits per heavy atom. The third-order valence-corrected chi connectivity index (χ3v) is 4.62. The minimum atomic E-state index is -0.563. The number of hydrogen-bond acceptors (Lipinski definition) is 6. The third kappa shape index (κ3) is 3.28. The van der Waals surface area contributed by atoms with Gasteiger partial charge in [-0.15, -0.1) is 0 Å². The molecule has 6 nitrogen and oxygen atoms in total. The maximum atomic E-state index is 12.7. The van der Waals surface area contributed by atoms with E-state index in [0.29, 0.717) is 28.8 Å². The highest BCUT2D eigenvalue weighted by Gasteiger charge is 2.39. The zero-order valence-corrected chi connectivity index (χ0v) is 14.6. The summed E-state index contributed by atoms with van der Waals surface area (Å²) in [6.45, 7) is 5.44. The summed E-state index contributed by atoms with van der Waals surface area (Å²) in [6.07, 6.45) is 3.47. The molecule has 1 aromatic carbocycles. The van der Waals surface area contributed by atoms with Gasteiger partial charge in [-0.05, 0) is 37.5 Å². The van der Waals surface area contributed by atoms with Crippen LogP contribution in [0.3, 0.4) is 0 Å². The van der Waals surface area contributed by atoms with Crippen LogP contribution in [0.4, 0.5) is 0 Å². The molecule has 136 valence electrons. The van der Waals surface area contributed by atoms with E-state index in [1.54, 1.807) is 31.2 Å². The first-order valence-electron chi connectivity index (χ1n) is 8.50. The number of esters is 1. The number of rotatable bonds is 5. The first-order valence-corrected chi connectivity index (χ1v) is 8.50. The minimum Gasteiger partial charge on any atom is -0.458 e. The number of Topliss-reactive ketones (excluding diaryl/α,β-unsaturated/α-hetero) is 1. The fourth-order valence-corrected chi connectivity index (χ4v) is 3.55. The SMILES string of the molecule is C=CCOC(=O)C1=C(C)NC2=C(C(=O)CCC2)C1c1cccc(OO)c1. The van der Waals surface area contributed by atoms with Crippen molar-refractivity contribution in [2.24, 2.45) is 0 Å². The van der Waals surface area contributed by atoms with Crippen LogP contribution >= 0.6 is 0 Å². The van der Waals surface area contributed by atoms with E-state index in [1.807, 2.05) is 0 Å². The number of nitrogens with one attached hydrogen (secondary N) is 1. The van der Waals surface area contributed by atoms with Crippen LogP contribution in [0.2, 0.25) is 0 Å². The number of ether oxygens (including phenoxy) is 1. The second kappa shape index (κ2) is 7.58. The Hall–Kier alpha value is -2.86. The molecule has 0 radical (unpaired) electrons. The van der Waals surface area contributed by atoms with Crippen molar-refractivity contribution in [2.45, 2.75) is 32.1 Å². The molecule has 0 fully saturated rings. The minimum absolute atomic E-state index is 0.0144. The zero-order valence-electron chi connectivity index (χ0n) is 14.6. The van der Waals surface area contributed by atoms with E-state index in [4.69, 9.17) is 9.99 Å². The van der Waals surface area contributed by atoms with Gasteiger partial charge in [0.25, 0.3) is 0 Å². The predicted octanol–water partition coefficient (Wildman–Crippen LogP) is 3.24. The van der Waals surface area contributed by atoms with Gasteiger partial charge in [-0.3, -0.25) is 4.79 Å². The first-order chi connectivity index (χ1) is 12.6. The molecular formula is C20H21NO5. The van der Waals surface area contributed by atoms with Gasteiger partial charge in [-0.2, -0.15) is 0 Å². The van der Waals surface area contributed by atoms with E-state index in [-0.39, 0.29) is 18.1 Å². The molecule has 6 heteroatoms. The van der Waals surface area contributed by atoms with Crippen LogP contribution in [0, 0.1) is 0 Å². The highest BCUT2D eigenvalue weighted by molar-refractivity contribution is 6.03. The van der Waals surface area contributed by atoms with Crippen LogP contribution in [0.1, 0.15) is 37.7 Å². The summed E-state index contributed by atoms with van der Waals surface area (Å²) in [5, 5.41) is 12.2. The van der Waals surface area contributed by atoms with Gasteiger partial charge in [-0.25, -0.2) is 10.1 Å². The molecule has 1 unspecified atom stereocenters. The molecule has 0 saturated carbocycles. The number of allylic oxidation sites excluding steroid dienone is 3. The Labute approximate surface area is 151 Å². The summed E-state index contributed by atoms with van der Waals surface area (Å²) in [5.41, 5.74) is 3.16. The summed E-state index contributed by atoms with van der Waals surface area (Å²) in [7, 11) is 0. The van der Waals surface area contributed by atoms with Crippen molar-refractivity contribution >= 4 is 11.8 Å². The number of dihydropyridines is 1. The molecular weight excluding hydrogens is 334 g/mol. The summed E-state index contributed by atoms with van der Waals surface area (Å²) in [5.74, 6) is -0.810. The Kier molecular flexibility index (Phi) is 5.23. The van der Waals surface area contributed by atoms with Gasteiger partial charge in [0.1, 0.15) is 6.61 Å². The predicted molar refractivity (Wildman–Crippen MR) is 95.3 cm³/mol. The molecule has 1 aliphatic carbocycles. The van der Waals surface area contributed by atoms with E-state index < -0.39 is 11.9 Å². The summed E-state index contributed by atoms with van der Waals surface area (Å²) < 4.78 is 5.25. The molecule has 0 bridgehead atoms. The van der Waals surface area contributed by atoms with Crippen LogP contribution in [0.5, 0.6) is 5.75 Å². The molecule has 0 aromatic heterocycles. The molecule has 1 aliphatic heterocycles. The summed E-state index contributed by atoms with van der Waals surface area (Å²) >= 11 is 0. The second-order valence-electron chi connectivity index (χ2n) is 6.32. The molecule has 0 spiro atoms. The Bertz CT molecular complexity index is 821. The number of carbonyl (C=O) groups is 2. The van der Waals surface area contributed by atoms with E-state index in [1.165, 1.54) is 6.08 Å². The topological polar surface area (TPSA) is 84.9 Å². The molecule has 1 aromatic rings. The lowest BCUT2D eigenvalue weighted by atomic mass is 9.75. The second-order valence-corrected chi connectivity index (χ2v) is 6.32. The average Bonchev–Trinajstić information content (AvgIpc) is 2.65. The van der Waals surface area contributed by atoms with Gasteiger partial charge in [0.15, 0.2) is 11.5 Å². The molecule has 26 heavy (non-hydrogen) atoms. The summed E-state index contributed by atoms with van der Waals surface area (Å²) in [4.78, 5) is 29.7. The van der Waals surface area contributed by atoms with Crippen LogP contribution < -0.4 is 10.2 Å². The fraction of sp³-hybridized carbons (Fsp3) is 0.300. The number of benzene rings is 1. The van der Waals surface area contributed by atoms with Gasteiger partial charge in [0, 0.05) is 29.3 Å². The smallest absolute Gasteiger partial charge is 0.337 e. The van der Waals surface area contributed by atoms with Crippen LogP contribution in [0.25, 0.3) is 0 Å². The van der Waals surface area contributed by atoms with E-state index in [9.17, 15) is 9.59 Å². The molecule has 1 atom stereocenters. The van der Waals surface area contributed by atoms with Gasteiger partial charge in [0.05, 0.1) is 5.57 Å². The van der Waals surface area contributed by atoms with Gasteiger partial charge >= 0.3 is 5.97 Å². The summed E-state index contributed by atoms with van der Waals surface area (Å²) in [6, 6.07) is 6.73. The highest BCUT2D eigenvalue weighted by Crippen LogP contribution is 2.43. The molecule has 0 saturated heterocycles. The average molecular weight is 355 g/mol. The van der Waals surface area contributed by atoms with Gasteiger partial charge in [0.2, 0.25) is 0 Å². The Morgan fingerprint density at radius 3 is 2.96 bits per heavy atom. The highest BCUT2D eigenvalue weighted by atomic mass is 17.1. The van der Waals surface area contributed by atoms with Crippen molar-refractivity contribution in [3.63, 3.8) is 0 Å². The van der Waals surface area contributed by atoms with Crippen molar-refractivity contribution in [3.8, 4) is 5.75 Å². The third-order valence-electron chi connectivity index (χ3n) is 4.62. The van der Waals surface area contributed by atoms with Gasteiger partial charge < -0.3 is 14.9 Å². The number of carbonyl (C=O) groups excluding carboxylic acids is 2. The van der Waals surface area contributed by atoms with E-state index in [0.717, 1.165) is 18.5 Å². The molecule has 0 amide bonds. The van der Waals surface area contributed by atoms with Crippen molar-refractivity contribution in [2.75, 3.05) is 6.61 Å². The zero-order chi connectivity index (χ0) is 18.7. The lowest BCUT2D eigenvalue weighted by Crippen LogP contribution is -2.34. The Morgan fingerprint density at radius 1 is 1.42 bits per heavy atom. The molecule has 2 aliphatic rings. The largest absolute Gasteiger partial charge is 0.458 e. The standard InChI is InChI=1S/C20H21NO5/c1-3-10-25-20(23)17-12(2)21-15-8-5-9-16(22)19(15)18(17)13-6-4-7-14(11-13)26-24/h3-4,6-7,11,18,21,24H,1,5,8-10H2,2H3. The van der Waals surface area contributed by atoms with Crippen molar-refractivity contribution in [3.05, 3.63) is 65.0 Å². The maximum absolute atomic E-state index is 12.7. The monoisotopic (exact) mass is 355 g/mol. The number of hydrogen-bond donors (Lipinski definition) is 2. The Balaban J connectivity index is 2.13. The van der Waals surface area contributed by atoms with Crippen LogP contribution in [-0.4, -0.2) is 23.6 Å².